The molecule has 1 heterocycles. The van der Waals surface area contributed by atoms with Gasteiger partial charge in [-0.1, -0.05) is 41.4 Å². The highest BCUT2D eigenvalue weighted by molar-refractivity contribution is 6.42. The molecule has 0 unspecified atom stereocenters. The molecule has 0 aliphatic heterocycles. The van der Waals surface area contributed by atoms with Crippen molar-refractivity contribution in [2.24, 2.45) is 0 Å². The van der Waals surface area contributed by atoms with Crippen molar-refractivity contribution in [3.8, 4) is 22.8 Å². The molecule has 1 N–H and O–H groups in total. The lowest BCUT2D eigenvalue weighted by Crippen LogP contribution is -2.10. The number of aliphatic hydroxyl groups excluding tert-OH is 1. The molecule has 27 heavy (non-hydrogen) atoms. The van der Waals surface area contributed by atoms with Crippen molar-refractivity contribution in [1.29, 1.82) is 0 Å². The van der Waals surface area contributed by atoms with Crippen molar-refractivity contribution in [2.75, 3.05) is 20.7 Å². The van der Waals surface area contributed by atoms with Gasteiger partial charge in [0.15, 0.2) is 11.6 Å². The van der Waals surface area contributed by atoms with E-state index in [9.17, 15) is 5.11 Å². The minimum Gasteiger partial charge on any atom is -0.394 e. The van der Waals surface area contributed by atoms with Crippen LogP contribution in [0.4, 0.5) is 0 Å². The first-order chi connectivity index (χ1) is 12.5. The lowest BCUT2D eigenvalue weighted by Gasteiger charge is -2.09. The summed E-state index contributed by atoms with van der Waals surface area (Å²) < 4.78 is 1.69. The van der Waals surface area contributed by atoms with Crippen LogP contribution in [0.5, 0.6) is 0 Å². The molecule has 0 aliphatic carbocycles. The Morgan fingerprint density at radius 3 is 2.48 bits per heavy atom. The van der Waals surface area contributed by atoms with Gasteiger partial charge in [-0.3, -0.25) is 0 Å². The van der Waals surface area contributed by atoms with E-state index in [4.69, 9.17) is 23.2 Å². The molecule has 5 nitrogen and oxygen atoms in total. The lowest BCUT2D eigenvalue weighted by atomic mass is 10.1. The summed E-state index contributed by atoms with van der Waals surface area (Å²) in [6.07, 6.45) is 0. The third kappa shape index (κ3) is 5.21. The first-order valence-corrected chi connectivity index (χ1v) is 8.98. The summed E-state index contributed by atoms with van der Waals surface area (Å²) in [7, 11) is 4.06. The molecule has 3 aromatic rings. The fourth-order valence-electron chi connectivity index (χ4n) is 2.74. The standard InChI is InChI=1S/C19H20Cl2N4O.ClH/c1-24(2)12-13-4-3-5-14(10-13)18-22-19(25(23-18)8-9-26)15-6-7-16(20)17(21)11-15;/h3-7,10-11,26H,8-9,12H2,1-2H3;1H. The van der Waals surface area contributed by atoms with Crippen LogP contribution in [-0.2, 0) is 13.1 Å². The second kappa shape index (κ2) is 9.53. The van der Waals surface area contributed by atoms with Gasteiger partial charge in [-0.2, -0.15) is 5.10 Å². The molecule has 0 atom stereocenters. The molecular formula is C19H21Cl3N4O. The molecule has 3 rings (SSSR count). The number of aromatic nitrogens is 3. The second-order valence-corrected chi connectivity index (χ2v) is 7.09. The summed E-state index contributed by atoms with van der Waals surface area (Å²) in [4.78, 5) is 6.79. The fourth-order valence-corrected chi connectivity index (χ4v) is 3.04. The highest BCUT2D eigenvalue weighted by atomic mass is 35.5. The third-order valence-corrected chi connectivity index (χ3v) is 4.58. The largest absolute Gasteiger partial charge is 0.394 e. The smallest absolute Gasteiger partial charge is 0.181 e. The zero-order valence-corrected chi connectivity index (χ0v) is 17.4. The predicted molar refractivity (Wildman–Crippen MR) is 113 cm³/mol. The van der Waals surface area contributed by atoms with Gasteiger partial charge < -0.3 is 10.0 Å². The second-order valence-electron chi connectivity index (χ2n) is 6.27. The average molecular weight is 428 g/mol. The van der Waals surface area contributed by atoms with Crippen LogP contribution in [0.3, 0.4) is 0 Å². The van der Waals surface area contributed by atoms with Gasteiger partial charge in [0.25, 0.3) is 0 Å². The zero-order valence-electron chi connectivity index (χ0n) is 15.1. The van der Waals surface area contributed by atoms with Gasteiger partial charge >= 0.3 is 0 Å². The predicted octanol–water partition coefficient (Wildman–Crippen LogP) is 4.39. The van der Waals surface area contributed by atoms with Crippen LogP contribution in [0.1, 0.15) is 5.56 Å². The fraction of sp³-hybridized carbons (Fsp3) is 0.263. The molecular weight excluding hydrogens is 407 g/mol. The molecule has 2 aromatic carbocycles. The molecule has 0 radical (unpaired) electrons. The minimum absolute atomic E-state index is 0. The summed E-state index contributed by atoms with van der Waals surface area (Å²) >= 11 is 12.2. The van der Waals surface area contributed by atoms with Gasteiger partial charge in [-0.15, -0.1) is 12.4 Å². The lowest BCUT2D eigenvalue weighted by molar-refractivity contribution is 0.270. The Kier molecular flexibility index (Phi) is 7.65. The zero-order chi connectivity index (χ0) is 18.7. The highest BCUT2D eigenvalue weighted by Crippen LogP contribution is 2.29. The summed E-state index contributed by atoms with van der Waals surface area (Å²) in [5, 5.41) is 14.9. The normalized spacial score (nSPS) is 10.9. The molecule has 0 amide bonds. The molecule has 144 valence electrons. The maximum atomic E-state index is 9.37. The Balaban J connectivity index is 0.00000261. The van der Waals surface area contributed by atoms with Crippen LogP contribution in [0.15, 0.2) is 42.5 Å². The Hall–Kier alpha value is -1.63. The van der Waals surface area contributed by atoms with Crippen LogP contribution in [0, 0.1) is 0 Å². The first kappa shape index (κ1) is 21.7. The van der Waals surface area contributed by atoms with Crippen LogP contribution in [0.2, 0.25) is 10.0 Å². The number of benzene rings is 2. The number of rotatable bonds is 6. The molecule has 0 saturated carbocycles. The molecule has 0 fully saturated rings. The maximum absolute atomic E-state index is 9.37. The van der Waals surface area contributed by atoms with Crippen LogP contribution < -0.4 is 0 Å². The minimum atomic E-state index is -0.0300. The summed E-state index contributed by atoms with van der Waals surface area (Å²) in [5.41, 5.74) is 2.92. The van der Waals surface area contributed by atoms with E-state index in [1.54, 1.807) is 16.8 Å². The van der Waals surface area contributed by atoms with Gasteiger partial charge in [-0.25, -0.2) is 9.67 Å². The highest BCUT2D eigenvalue weighted by Gasteiger charge is 2.15. The quantitative estimate of drug-likeness (QED) is 0.634. The number of hydrogen-bond acceptors (Lipinski definition) is 4. The van der Waals surface area contributed by atoms with E-state index >= 15 is 0 Å². The van der Waals surface area contributed by atoms with Crippen molar-refractivity contribution >= 4 is 35.6 Å². The molecule has 0 saturated heterocycles. The number of aliphatic hydroxyl groups is 1. The monoisotopic (exact) mass is 426 g/mol. The van der Waals surface area contributed by atoms with Crippen molar-refractivity contribution < 1.29 is 5.11 Å². The van der Waals surface area contributed by atoms with E-state index in [1.165, 1.54) is 5.56 Å². The van der Waals surface area contributed by atoms with Gasteiger partial charge in [-0.05, 0) is 43.9 Å². The third-order valence-electron chi connectivity index (χ3n) is 3.85. The van der Waals surface area contributed by atoms with E-state index in [2.05, 4.69) is 27.1 Å². The van der Waals surface area contributed by atoms with Crippen LogP contribution in [-0.4, -0.2) is 45.5 Å². The molecule has 8 heteroatoms. The van der Waals surface area contributed by atoms with E-state index in [1.807, 2.05) is 32.3 Å². The van der Waals surface area contributed by atoms with E-state index in [-0.39, 0.29) is 19.0 Å². The van der Waals surface area contributed by atoms with E-state index in [0.717, 1.165) is 17.7 Å². The number of nitrogens with zero attached hydrogens (tertiary/aromatic N) is 4. The molecule has 0 aliphatic rings. The molecule has 1 aromatic heterocycles. The van der Waals surface area contributed by atoms with Crippen molar-refractivity contribution in [2.45, 2.75) is 13.1 Å². The molecule has 0 bridgehead atoms. The topological polar surface area (TPSA) is 54.2 Å². The van der Waals surface area contributed by atoms with Crippen LogP contribution >= 0.6 is 35.6 Å². The van der Waals surface area contributed by atoms with Gasteiger partial charge in [0, 0.05) is 17.7 Å². The summed E-state index contributed by atoms with van der Waals surface area (Å²) in [6, 6.07) is 13.5. The first-order valence-electron chi connectivity index (χ1n) is 8.23. The van der Waals surface area contributed by atoms with E-state index in [0.29, 0.717) is 28.2 Å². The SMILES string of the molecule is CN(C)Cc1cccc(-c2nc(-c3ccc(Cl)c(Cl)c3)n(CCO)n2)c1.Cl. The van der Waals surface area contributed by atoms with Crippen molar-refractivity contribution in [1.82, 2.24) is 19.7 Å². The van der Waals surface area contributed by atoms with Crippen molar-refractivity contribution in [3.05, 3.63) is 58.1 Å². The maximum Gasteiger partial charge on any atom is 0.181 e. The Bertz CT molecular complexity index is 912. The van der Waals surface area contributed by atoms with Crippen LogP contribution in [0.25, 0.3) is 22.8 Å². The Morgan fingerprint density at radius 1 is 1.04 bits per heavy atom. The Morgan fingerprint density at radius 2 is 1.81 bits per heavy atom. The summed E-state index contributed by atoms with van der Waals surface area (Å²) in [5.74, 6) is 1.26. The summed E-state index contributed by atoms with van der Waals surface area (Å²) in [6.45, 7) is 1.16. The number of hydrogen-bond donors (Lipinski definition) is 1. The number of halogens is 3. The molecule has 0 spiro atoms. The van der Waals surface area contributed by atoms with E-state index < -0.39 is 0 Å². The van der Waals surface area contributed by atoms with Gasteiger partial charge in [0.05, 0.1) is 23.2 Å². The average Bonchev–Trinajstić information content (AvgIpc) is 3.01. The van der Waals surface area contributed by atoms with Crippen molar-refractivity contribution in [3.63, 3.8) is 0 Å². The van der Waals surface area contributed by atoms with Gasteiger partial charge in [0.1, 0.15) is 0 Å². The van der Waals surface area contributed by atoms with Gasteiger partial charge in [0.2, 0.25) is 0 Å². The Labute approximate surface area is 175 Å².